The number of ether oxygens (including phenoxy) is 1. The summed E-state index contributed by atoms with van der Waals surface area (Å²) < 4.78 is 48.3. The fourth-order valence-electron chi connectivity index (χ4n) is 3.61. The zero-order valence-electron chi connectivity index (χ0n) is 19.8. The summed E-state index contributed by atoms with van der Waals surface area (Å²) >= 11 is 0. The number of nitrogens with zero attached hydrogens (tertiary/aromatic N) is 1. The number of aliphatic carboxylic acids is 1. The topological polar surface area (TPSA) is 116 Å². The average molecular weight is 492 g/mol. The molecule has 0 spiro atoms. The van der Waals surface area contributed by atoms with Gasteiger partial charge in [-0.15, -0.1) is 0 Å². The number of aromatic nitrogens is 2. The molecule has 2 heterocycles. The molecule has 11 heteroatoms. The Morgan fingerprint density at radius 2 is 1.89 bits per heavy atom. The van der Waals surface area contributed by atoms with Gasteiger partial charge < -0.3 is 25.5 Å². The van der Waals surface area contributed by atoms with Gasteiger partial charge in [0.15, 0.2) is 11.6 Å². The third kappa shape index (κ3) is 6.03. The lowest BCUT2D eigenvalue weighted by molar-refractivity contribution is -0.137. The van der Waals surface area contributed by atoms with Crippen LogP contribution in [0.5, 0.6) is 0 Å². The highest BCUT2D eigenvalue weighted by Crippen LogP contribution is 2.34. The molecule has 1 amide bonds. The Kier molecular flexibility index (Phi) is 7.57. The van der Waals surface area contributed by atoms with Crippen LogP contribution >= 0.6 is 0 Å². The smallest absolute Gasteiger partial charge is 0.407 e. The molecule has 0 saturated carbocycles. The predicted octanol–water partition coefficient (Wildman–Crippen LogP) is 5.19. The van der Waals surface area contributed by atoms with Gasteiger partial charge >= 0.3 is 12.1 Å². The summed E-state index contributed by atoms with van der Waals surface area (Å²) in [5, 5.41) is 14.8. The standard InChI is InChI=1S/C24H27F3N4O4/c1-5-35-23(34)29-10-12-6-17(27)22(30-18(9-19(32)33)24(2,3)4)31-20(12)15-11-28-21-14(15)7-13(25)8-16(21)26/h6-8,11,18,28H,5,9-10H2,1-4H3,(H,29,34)(H,30,31)(H,32,33). The molecule has 3 aromatic rings. The second-order valence-corrected chi connectivity index (χ2v) is 9.07. The van der Waals surface area contributed by atoms with Crippen molar-refractivity contribution in [1.82, 2.24) is 15.3 Å². The van der Waals surface area contributed by atoms with Gasteiger partial charge in [0.25, 0.3) is 0 Å². The van der Waals surface area contributed by atoms with Gasteiger partial charge in [-0.05, 0) is 24.5 Å². The van der Waals surface area contributed by atoms with Gasteiger partial charge in [0.05, 0.1) is 24.2 Å². The van der Waals surface area contributed by atoms with E-state index >= 15 is 4.39 Å². The molecule has 1 unspecified atom stereocenters. The quantitative estimate of drug-likeness (QED) is 0.344. The number of H-pyrrole nitrogens is 1. The normalized spacial score (nSPS) is 12.4. The van der Waals surface area contributed by atoms with E-state index in [-0.39, 0.29) is 53.1 Å². The predicted molar refractivity (Wildman–Crippen MR) is 124 cm³/mol. The first kappa shape index (κ1) is 25.9. The maximum atomic E-state index is 15.1. The molecule has 4 N–H and O–H groups in total. The Morgan fingerprint density at radius 1 is 1.17 bits per heavy atom. The number of carboxylic acids is 1. The summed E-state index contributed by atoms with van der Waals surface area (Å²) in [5.41, 5.74) is 0.101. The highest BCUT2D eigenvalue weighted by Gasteiger charge is 2.29. The number of nitrogens with one attached hydrogen (secondary N) is 3. The van der Waals surface area contributed by atoms with Crippen LogP contribution in [0.3, 0.4) is 0 Å². The van der Waals surface area contributed by atoms with Crippen molar-refractivity contribution in [2.24, 2.45) is 5.41 Å². The number of anilines is 1. The van der Waals surface area contributed by atoms with Crippen LogP contribution < -0.4 is 10.6 Å². The number of benzene rings is 1. The van der Waals surface area contributed by atoms with Crippen molar-refractivity contribution in [2.45, 2.75) is 46.7 Å². The van der Waals surface area contributed by atoms with E-state index in [1.54, 1.807) is 27.7 Å². The summed E-state index contributed by atoms with van der Waals surface area (Å²) in [6.07, 6.45) is 0.380. The van der Waals surface area contributed by atoms with Gasteiger partial charge in [0.2, 0.25) is 0 Å². The number of amides is 1. The minimum Gasteiger partial charge on any atom is -0.481 e. The van der Waals surface area contributed by atoms with Gasteiger partial charge in [0, 0.05) is 41.4 Å². The van der Waals surface area contributed by atoms with Crippen LogP contribution in [0.1, 0.15) is 39.7 Å². The Balaban J connectivity index is 2.13. The second kappa shape index (κ2) is 10.2. The van der Waals surface area contributed by atoms with Crippen molar-refractivity contribution in [2.75, 3.05) is 11.9 Å². The van der Waals surface area contributed by atoms with Gasteiger partial charge in [-0.25, -0.2) is 22.9 Å². The number of fused-ring (bicyclic) bond motifs is 1. The molecule has 0 radical (unpaired) electrons. The highest BCUT2D eigenvalue weighted by atomic mass is 19.1. The zero-order valence-corrected chi connectivity index (χ0v) is 19.8. The molecule has 35 heavy (non-hydrogen) atoms. The molecular weight excluding hydrogens is 465 g/mol. The monoisotopic (exact) mass is 492 g/mol. The van der Waals surface area contributed by atoms with Crippen LogP contribution in [0.4, 0.5) is 23.8 Å². The Morgan fingerprint density at radius 3 is 2.51 bits per heavy atom. The molecular formula is C24H27F3N4O4. The lowest BCUT2D eigenvalue weighted by Crippen LogP contribution is -2.36. The molecule has 1 aromatic carbocycles. The van der Waals surface area contributed by atoms with Crippen LogP contribution in [0, 0.1) is 22.9 Å². The van der Waals surface area contributed by atoms with Crippen LogP contribution in [-0.2, 0) is 16.1 Å². The third-order valence-corrected chi connectivity index (χ3v) is 5.45. The Bertz CT molecular complexity index is 1250. The molecule has 0 aliphatic rings. The van der Waals surface area contributed by atoms with Crippen molar-refractivity contribution >= 4 is 28.8 Å². The van der Waals surface area contributed by atoms with E-state index < -0.39 is 41.0 Å². The average Bonchev–Trinajstić information content (AvgIpc) is 3.16. The number of pyridine rings is 1. The summed E-state index contributed by atoms with van der Waals surface area (Å²) in [4.78, 5) is 30.3. The molecule has 0 aliphatic carbocycles. The molecule has 0 fully saturated rings. The number of halogens is 3. The van der Waals surface area contributed by atoms with Gasteiger partial charge in [-0.1, -0.05) is 20.8 Å². The summed E-state index contributed by atoms with van der Waals surface area (Å²) in [6.45, 7) is 6.98. The molecule has 8 nitrogen and oxygen atoms in total. The van der Waals surface area contributed by atoms with Gasteiger partial charge in [0.1, 0.15) is 11.6 Å². The number of rotatable bonds is 8. The number of hydrogen-bond donors (Lipinski definition) is 4. The van der Waals surface area contributed by atoms with Crippen molar-refractivity contribution < 1.29 is 32.6 Å². The lowest BCUT2D eigenvalue weighted by atomic mass is 9.84. The first-order valence-electron chi connectivity index (χ1n) is 11.0. The summed E-state index contributed by atoms with van der Waals surface area (Å²) in [5.74, 6) is -3.71. The number of aromatic amines is 1. The maximum Gasteiger partial charge on any atom is 0.407 e. The van der Waals surface area contributed by atoms with Crippen molar-refractivity contribution in [1.29, 1.82) is 0 Å². The van der Waals surface area contributed by atoms with E-state index in [0.29, 0.717) is 0 Å². The van der Waals surface area contributed by atoms with E-state index in [4.69, 9.17) is 4.74 Å². The zero-order chi connectivity index (χ0) is 25.9. The van der Waals surface area contributed by atoms with E-state index in [1.165, 1.54) is 6.20 Å². The minimum atomic E-state index is -1.07. The SMILES string of the molecule is CCOC(=O)NCc1cc(F)c(NC(CC(=O)O)C(C)(C)C)nc1-c1c[nH]c2c(F)cc(F)cc12. The Hall–Kier alpha value is -3.76. The molecule has 0 bridgehead atoms. The van der Waals surface area contributed by atoms with Gasteiger partial charge in [-0.2, -0.15) is 0 Å². The van der Waals surface area contributed by atoms with Crippen molar-refractivity contribution in [3.8, 4) is 11.3 Å². The molecule has 1 atom stereocenters. The molecule has 188 valence electrons. The van der Waals surface area contributed by atoms with E-state index in [1.807, 2.05) is 0 Å². The fourth-order valence-corrected chi connectivity index (χ4v) is 3.61. The van der Waals surface area contributed by atoms with Crippen LogP contribution in [-0.4, -0.2) is 39.8 Å². The number of carbonyl (C=O) groups excluding carboxylic acids is 1. The van der Waals surface area contributed by atoms with Crippen molar-refractivity contribution in [3.05, 3.63) is 47.4 Å². The highest BCUT2D eigenvalue weighted by molar-refractivity contribution is 5.96. The van der Waals surface area contributed by atoms with Gasteiger partial charge in [-0.3, -0.25) is 4.79 Å². The third-order valence-electron chi connectivity index (χ3n) is 5.45. The minimum absolute atomic E-state index is 0.0322. The number of carboxylic acid groups (broad SMARTS) is 1. The second-order valence-electron chi connectivity index (χ2n) is 9.07. The number of carbonyl (C=O) groups is 2. The van der Waals surface area contributed by atoms with E-state index in [2.05, 4.69) is 20.6 Å². The van der Waals surface area contributed by atoms with Crippen molar-refractivity contribution in [3.63, 3.8) is 0 Å². The molecule has 2 aromatic heterocycles. The summed E-state index contributed by atoms with van der Waals surface area (Å²) in [7, 11) is 0. The number of hydrogen-bond acceptors (Lipinski definition) is 5. The summed E-state index contributed by atoms with van der Waals surface area (Å²) in [6, 6.07) is 2.30. The van der Waals surface area contributed by atoms with E-state index in [0.717, 1.165) is 18.2 Å². The first-order chi connectivity index (χ1) is 16.4. The maximum absolute atomic E-state index is 15.1. The lowest BCUT2D eigenvalue weighted by Gasteiger charge is -2.31. The first-order valence-corrected chi connectivity index (χ1v) is 11.0. The van der Waals surface area contributed by atoms with Crippen LogP contribution in [0.15, 0.2) is 24.4 Å². The van der Waals surface area contributed by atoms with E-state index in [9.17, 15) is 23.5 Å². The van der Waals surface area contributed by atoms with Crippen LogP contribution in [0.25, 0.3) is 22.2 Å². The molecule has 3 rings (SSSR count). The van der Waals surface area contributed by atoms with Crippen LogP contribution in [0.2, 0.25) is 0 Å². The fraction of sp³-hybridized carbons (Fsp3) is 0.375. The molecule has 0 aliphatic heterocycles. The Labute approximate surface area is 199 Å². The molecule has 0 saturated heterocycles. The largest absolute Gasteiger partial charge is 0.481 e. The number of alkyl carbamates (subject to hydrolysis) is 1.